The molecule has 45 heavy (non-hydrogen) atoms. The summed E-state index contributed by atoms with van der Waals surface area (Å²) < 4.78 is 37.8. The predicted octanol–water partition coefficient (Wildman–Crippen LogP) is 3.35. The van der Waals surface area contributed by atoms with Crippen molar-refractivity contribution in [2.24, 2.45) is 0 Å². The number of ether oxygens (including phenoxy) is 6. The van der Waals surface area contributed by atoms with Crippen LogP contribution < -0.4 is 14.8 Å². The number of nitrogens with one attached hydrogen (secondary N) is 1. The third-order valence-corrected chi connectivity index (χ3v) is 6.40. The van der Waals surface area contributed by atoms with Gasteiger partial charge in [0.15, 0.2) is 0 Å². The molecule has 14 nitrogen and oxygen atoms in total. The molecule has 244 valence electrons. The average molecular weight is 648 g/mol. The second-order valence-electron chi connectivity index (χ2n) is 9.13. The van der Waals surface area contributed by atoms with Crippen molar-refractivity contribution in [3.63, 3.8) is 0 Å². The van der Waals surface area contributed by atoms with E-state index in [1.165, 1.54) is 37.1 Å². The molecule has 0 unspecified atom stereocenters. The number of thioether (sulfide) groups is 1. The summed E-state index contributed by atoms with van der Waals surface area (Å²) in [7, 11) is 1.20. The Morgan fingerprint density at radius 3 is 2.11 bits per heavy atom. The van der Waals surface area contributed by atoms with Crippen LogP contribution in [0.5, 0.6) is 11.5 Å². The number of nitrogens with zero attached hydrogens (tertiary/aromatic N) is 2. The van der Waals surface area contributed by atoms with Crippen LogP contribution in [0.4, 0.5) is 0 Å². The van der Waals surface area contributed by atoms with Crippen molar-refractivity contribution in [2.45, 2.75) is 18.1 Å². The number of esters is 1. The van der Waals surface area contributed by atoms with Crippen molar-refractivity contribution in [3.05, 3.63) is 53.6 Å². The van der Waals surface area contributed by atoms with Crippen LogP contribution in [0.25, 0.3) is 11.5 Å². The lowest BCUT2D eigenvalue weighted by Crippen LogP contribution is -2.27. The maximum atomic E-state index is 12.0. The van der Waals surface area contributed by atoms with Gasteiger partial charge >= 0.3 is 11.9 Å². The third kappa shape index (κ3) is 13.1. The Bertz CT molecular complexity index is 1350. The van der Waals surface area contributed by atoms with Gasteiger partial charge in [0, 0.05) is 18.5 Å². The van der Waals surface area contributed by atoms with Crippen molar-refractivity contribution in [3.8, 4) is 23.0 Å². The first kappa shape index (κ1) is 35.3. The average Bonchev–Trinajstić information content (AvgIpc) is 3.54. The van der Waals surface area contributed by atoms with Gasteiger partial charge in [0.1, 0.15) is 18.1 Å². The molecule has 0 aliphatic rings. The monoisotopic (exact) mass is 647 g/mol. The molecule has 1 aromatic heterocycles. The summed E-state index contributed by atoms with van der Waals surface area (Å²) in [6, 6.07) is 11.3. The molecule has 0 bridgehead atoms. The Hall–Kier alpha value is -4.18. The van der Waals surface area contributed by atoms with Crippen molar-refractivity contribution in [1.29, 1.82) is 0 Å². The first-order valence-electron chi connectivity index (χ1n) is 14.1. The van der Waals surface area contributed by atoms with E-state index in [2.05, 4.69) is 20.3 Å². The number of amides is 1. The van der Waals surface area contributed by atoms with Gasteiger partial charge in [0.05, 0.1) is 64.5 Å². The highest BCUT2D eigenvalue weighted by Crippen LogP contribution is 2.24. The first-order chi connectivity index (χ1) is 21.9. The number of carboxylic acid groups (broad SMARTS) is 1. The van der Waals surface area contributed by atoms with Crippen molar-refractivity contribution < 1.29 is 52.3 Å². The summed E-state index contributed by atoms with van der Waals surface area (Å²) in [5.74, 6) is -0.655. The maximum absolute atomic E-state index is 12.0. The standard InChI is InChI=1S/C30H37N3O11S/c1-38-29(37)23-18-22(28(35)36)19-25(20-23)42-10-3-4-26(34)31-9-11-39-12-13-40-14-15-41-16-17-43-24-7-5-21(6-8-24)27-32-33-30(44-27)45-2/h5-8,18-20H,3-4,9-17H2,1-2H3,(H,31,34)(H,35,36). The van der Waals surface area contributed by atoms with Crippen molar-refractivity contribution in [1.82, 2.24) is 15.5 Å². The molecule has 0 spiro atoms. The van der Waals surface area contributed by atoms with Gasteiger partial charge < -0.3 is 43.3 Å². The van der Waals surface area contributed by atoms with Crippen molar-refractivity contribution in [2.75, 3.05) is 72.8 Å². The molecule has 0 aliphatic heterocycles. The smallest absolute Gasteiger partial charge is 0.338 e. The summed E-state index contributed by atoms with van der Waals surface area (Å²) in [6.45, 7) is 3.30. The third-order valence-electron chi connectivity index (χ3n) is 5.88. The summed E-state index contributed by atoms with van der Waals surface area (Å²) in [4.78, 5) is 35.0. The van der Waals surface area contributed by atoms with Gasteiger partial charge in [-0.15, -0.1) is 10.2 Å². The summed E-state index contributed by atoms with van der Waals surface area (Å²) >= 11 is 1.39. The lowest BCUT2D eigenvalue weighted by atomic mass is 10.1. The number of carbonyl (C=O) groups excluding carboxylic acids is 2. The fourth-order valence-electron chi connectivity index (χ4n) is 3.68. The molecule has 2 N–H and O–H groups in total. The number of benzene rings is 2. The second-order valence-corrected chi connectivity index (χ2v) is 9.89. The van der Waals surface area contributed by atoms with E-state index in [4.69, 9.17) is 28.1 Å². The number of carbonyl (C=O) groups is 3. The second kappa shape index (κ2) is 20.0. The van der Waals surface area contributed by atoms with Crippen LogP contribution in [0.2, 0.25) is 0 Å². The van der Waals surface area contributed by atoms with E-state index in [0.29, 0.717) is 76.1 Å². The van der Waals surface area contributed by atoms with E-state index in [9.17, 15) is 19.5 Å². The normalized spacial score (nSPS) is 10.8. The minimum absolute atomic E-state index is 0.0666. The fraction of sp³-hybridized carbons (Fsp3) is 0.433. The van der Waals surface area contributed by atoms with Crippen LogP contribution in [-0.4, -0.2) is 106 Å². The molecule has 3 aromatic rings. The lowest BCUT2D eigenvalue weighted by Gasteiger charge is -2.10. The minimum atomic E-state index is -1.20. The topological polar surface area (TPSA) is 178 Å². The molecular weight excluding hydrogens is 610 g/mol. The number of carboxylic acids is 1. The first-order valence-corrected chi connectivity index (χ1v) is 15.3. The Morgan fingerprint density at radius 1 is 0.822 bits per heavy atom. The number of hydrogen-bond acceptors (Lipinski definition) is 13. The largest absolute Gasteiger partial charge is 0.494 e. The highest BCUT2D eigenvalue weighted by molar-refractivity contribution is 7.98. The van der Waals surface area contributed by atoms with Crippen LogP contribution in [0.1, 0.15) is 33.6 Å². The number of aromatic nitrogens is 2. The van der Waals surface area contributed by atoms with Crippen LogP contribution in [0.3, 0.4) is 0 Å². The number of rotatable bonds is 22. The van der Waals surface area contributed by atoms with Crippen molar-refractivity contribution >= 4 is 29.6 Å². The molecule has 15 heteroatoms. The Balaban J connectivity index is 1.12. The number of methoxy groups -OCH3 is 1. The lowest BCUT2D eigenvalue weighted by molar-refractivity contribution is -0.121. The van der Waals surface area contributed by atoms with E-state index in [0.717, 1.165) is 5.56 Å². The highest BCUT2D eigenvalue weighted by Gasteiger charge is 2.14. The quantitative estimate of drug-likeness (QED) is 0.0921. The molecule has 0 atom stereocenters. The van der Waals surface area contributed by atoms with Gasteiger partial charge in [-0.2, -0.15) is 0 Å². The molecule has 0 saturated carbocycles. The summed E-state index contributed by atoms with van der Waals surface area (Å²) in [6.07, 6.45) is 2.48. The van der Waals surface area contributed by atoms with E-state index in [-0.39, 0.29) is 35.8 Å². The number of aromatic carboxylic acids is 1. The van der Waals surface area contributed by atoms with E-state index < -0.39 is 11.9 Å². The highest BCUT2D eigenvalue weighted by atomic mass is 32.2. The molecular formula is C30H37N3O11S. The SMILES string of the molecule is COC(=O)c1cc(OCCCC(=O)NCCOCCOCCOCCOc2ccc(-c3nnc(SC)o3)cc2)cc(C(=O)O)c1. The molecule has 1 amide bonds. The van der Waals surface area contributed by atoms with E-state index in [1.807, 2.05) is 30.5 Å². The fourth-order valence-corrected chi connectivity index (χ4v) is 3.96. The molecule has 0 fully saturated rings. The zero-order chi connectivity index (χ0) is 32.3. The molecule has 0 aliphatic carbocycles. The van der Waals surface area contributed by atoms with Crippen LogP contribution >= 0.6 is 11.8 Å². The van der Waals surface area contributed by atoms with Gasteiger partial charge in [-0.3, -0.25) is 4.79 Å². The Kier molecular flexibility index (Phi) is 15.7. The molecule has 0 saturated heterocycles. The van der Waals surface area contributed by atoms with Gasteiger partial charge in [0.2, 0.25) is 11.8 Å². The minimum Gasteiger partial charge on any atom is -0.494 e. The number of hydrogen-bond donors (Lipinski definition) is 2. The van der Waals surface area contributed by atoms with Crippen LogP contribution in [0, 0.1) is 0 Å². The van der Waals surface area contributed by atoms with Gasteiger partial charge in [-0.25, -0.2) is 9.59 Å². The van der Waals surface area contributed by atoms with Gasteiger partial charge in [0.25, 0.3) is 5.22 Å². The summed E-state index contributed by atoms with van der Waals surface area (Å²) in [5, 5.41) is 20.4. The Labute approximate surface area is 264 Å². The predicted molar refractivity (Wildman–Crippen MR) is 162 cm³/mol. The van der Waals surface area contributed by atoms with E-state index >= 15 is 0 Å². The maximum Gasteiger partial charge on any atom is 0.338 e. The molecule has 3 rings (SSSR count). The molecule has 0 radical (unpaired) electrons. The van der Waals surface area contributed by atoms with Crippen LogP contribution in [0.15, 0.2) is 52.1 Å². The Morgan fingerprint density at radius 2 is 1.47 bits per heavy atom. The molecule has 1 heterocycles. The summed E-state index contributed by atoms with van der Waals surface area (Å²) in [5.41, 5.74) is 0.785. The zero-order valence-corrected chi connectivity index (χ0v) is 26.0. The van der Waals surface area contributed by atoms with Crippen LogP contribution in [-0.2, 0) is 23.7 Å². The van der Waals surface area contributed by atoms with E-state index in [1.54, 1.807) is 0 Å². The van der Waals surface area contributed by atoms with Gasteiger partial charge in [-0.1, -0.05) is 11.8 Å². The van der Waals surface area contributed by atoms with Gasteiger partial charge in [-0.05, 0) is 55.1 Å². The zero-order valence-electron chi connectivity index (χ0n) is 25.2. The molecule has 2 aromatic carbocycles.